The van der Waals surface area contributed by atoms with E-state index < -0.39 is 12.3 Å². The highest BCUT2D eigenvalue weighted by Gasteiger charge is 2.06. The van der Waals surface area contributed by atoms with Gasteiger partial charge in [0.15, 0.2) is 6.29 Å². The van der Waals surface area contributed by atoms with E-state index in [1.165, 1.54) is 6.92 Å². The van der Waals surface area contributed by atoms with Crippen LogP contribution in [-0.4, -0.2) is 29.0 Å². The Labute approximate surface area is 47.1 Å². The van der Waals surface area contributed by atoms with Gasteiger partial charge in [0.25, 0.3) is 0 Å². The van der Waals surface area contributed by atoms with Gasteiger partial charge in [0.2, 0.25) is 6.41 Å². The summed E-state index contributed by atoms with van der Waals surface area (Å²) < 4.78 is 0. The van der Waals surface area contributed by atoms with Crippen molar-refractivity contribution in [1.82, 2.24) is 5.32 Å². The van der Waals surface area contributed by atoms with Gasteiger partial charge in [-0.3, -0.25) is 4.79 Å². The Kier molecular flexibility index (Phi) is 3.14. The van der Waals surface area contributed by atoms with Crippen LogP contribution in [0.2, 0.25) is 0 Å². The van der Waals surface area contributed by atoms with Crippen LogP contribution in [0.4, 0.5) is 0 Å². The minimum Gasteiger partial charge on any atom is -0.366 e. The summed E-state index contributed by atoms with van der Waals surface area (Å²) in [6.45, 7) is 1.49. The summed E-state index contributed by atoms with van der Waals surface area (Å²) >= 11 is 0. The predicted molar refractivity (Wildman–Crippen MR) is 26.9 cm³/mol. The number of rotatable bonds is 3. The van der Waals surface area contributed by atoms with Crippen LogP contribution in [-0.2, 0) is 4.79 Å². The molecule has 1 unspecified atom stereocenters. The SMILES string of the molecule is CC(NC=O)C(O)O. The number of nitrogens with one attached hydrogen (secondary N) is 1. The fourth-order valence-electron chi connectivity index (χ4n) is 0.193. The average molecular weight is 119 g/mol. The van der Waals surface area contributed by atoms with Gasteiger partial charge < -0.3 is 15.5 Å². The van der Waals surface area contributed by atoms with Crippen LogP contribution >= 0.6 is 0 Å². The maximum Gasteiger partial charge on any atom is 0.207 e. The van der Waals surface area contributed by atoms with Crippen molar-refractivity contribution in [2.24, 2.45) is 0 Å². The lowest BCUT2D eigenvalue weighted by atomic mass is 10.3. The van der Waals surface area contributed by atoms with Crippen molar-refractivity contribution in [2.45, 2.75) is 19.3 Å². The predicted octanol–water partition coefficient (Wildman–Crippen LogP) is -1.57. The molecular formula is C4H9NO3. The van der Waals surface area contributed by atoms with E-state index in [-0.39, 0.29) is 0 Å². The van der Waals surface area contributed by atoms with Crippen molar-refractivity contribution in [3.8, 4) is 0 Å². The third-order valence-corrected chi connectivity index (χ3v) is 0.778. The molecule has 3 N–H and O–H groups in total. The first-order chi connectivity index (χ1) is 3.68. The van der Waals surface area contributed by atoms with Crippen LogP contribution in [0.5, 0.6) is 0 Å². The molecule has 8 heavy (non-hydrogen) atoms. The van der Waals surface area contributed by atoms with E-state index in [4.69, 9.17) is 10.2 Å². The van der Waals surface area contributed by atoms with Crippen LogP contribution in [0.3, 0.4) is 0 Å². The van der Waals surface area contributed by atoms with E-state index in [1.807, 2.05) is 0 Å². The highest BCUT2D eigenvalue weighted by atomic mass is 16.5. The number of hydrogen-bond donors (Lipinski definition) is 3. The molecule has 0 bridgehead atoms. The lowest BCUT2D eigenvalue weighted by Crippen LogP contribution is -2.35. The average Bonchev–Trinajstić information content (AvgIpc) is 1.67. The molecule has 0 rings (SSSR count). The number of amides is 1. The second kappa shape index (κ2) is 3.40. The second-order valence-electron chi connectivity index (χ2n) is 1.49. The Morgan fingerprint density at radius 3 is 2.25 bits per heavy atom. The molecule has 0 aromatic carbocycles. The van der Waals surface area contributed by atoms with Gasteiger partial charge in [0.1, 0.15) is 0 Å². The molecule has 4 nitrogen and oxygen atoms in total. The summed E-state index contributed by atoms with van der Waals surface area (Å²) in [6.07, 6.45) is -1.05. The first-order valence-electron chi connectivity index (χ1n) is 2.24. The fourth-order valence-corrected chi connectivity index (χ4v) is 0.193. The molecule has 0 aliphatic heterocycles. The molecule has 0 aromatic heterocycles. The van der Waals surface area contributed by atoms with Crippen molar-refractivity contribution in [3.05, 3.63) is 0 Å². The van der Waals surface area contributed by atoms with Crippen LogP contribution in [0.1, 0.15) is 6.92 Å². The maximum atomic E-state index is 9.59. The van der Waals surface area contributed by atoms with E-state index in [9.17, 15) is 4.79 Å². The molecular weight excluding hydrogens is 110 g/mol. The Morgan fingerprint density at radius 1 is 1.62 bits per heavy atom. The highest BCUT2D eigenvalue weighted by Crippen LogP contribution is 1.82. The molecule has 48 valence electrons. The van der Waals surface area contributed by atoms with E-state index in [0.717, 1.165) is 0 Å². The normalized spacial score (nSPS) is 13.5. The molecule has 0 spiro atoms. The van der Waals surface area contributed by atoms with Crippen LogP contribution in [0.25, 0.3) is 0 Å². The molecule has 0 saturated heterocycles. The van der Waals surface area contributed by atoms with E-state index in [1.54, 1.807) is 0 Å². The quantitative estimate of drug-likeness (QED) is 0.310. The van der Waals surface area contributed by atoms with Crippen molar-refractivity contribution >= 4 is 6.41 Å². The summed E-state index contributed by atoms with van der Waals surface area (Å²) in [5.41, 5.74) is 0. The van der Waals surface area contributed by atoms with Gasteiger partial charge in [-0.1, -0.05) is 0 Å². The monoisotopic (exact) mass is 119 g/mol. The summed E-state index contributed by atoms with van der Waals surface area (Å²) in [7, 11) is 0. The molecule has 0 aromatic rings. The zero-order valence-corrected chi connectivity index (χ0v) is 4.53. The molecule has 0 radical (unpaired) electrons. The lowest BCUT2D eigenvalue weighted by Gasteiger charge is -2.10. The first kappa shape index (κ1) is 7.39. The molecule has 4 heteroatoms. The summed E-state index contributed by atoms with van der Waals surface area (Å²) in [5.74, 6) is 0. The summed E-state index contributed by atoms with van der Waals surface area (Å²) in [6, 6.07) is -0.590. The van der Waals surface area contributed by atoms with Crippen LogP contribution < -0.4 is 5.32 Å². The molecule has 0 heterocycles. The minimum absolute atomic E-state index is 0.421. The van der Waals surface area contributed by atoms with E-state index >= 15 is 0 Å². The molecule has 0 aliphatic carbocycles. The van der Waals surface area contributed by atoms with E-state index in [2.05, 4.69) is 5.32 Å². The number of aliphatic hydroxyl groups excluding tert-OH is 1. The Morgan fingerprint density at radius 2 is 2.12 bits per heavy atom. The molecule has 0 fully saturated rings. The van der Waals surface area contributed by atoms with Gasteiger partial charge >= 0.3 is 0 Å². The molecule has 0 saturated carbocycles. The Hall–Kier alpha value is -0.610. The van der Waals surface area contributed by atoms with Gasteiger partial charge in [-0.05, 0) is 6.92 Å². The molecule has 0 aliphatic rings. The summed E-state index contributed by atoms with van der Waals surface area (Å²) in [5, 5.41) is 18.7. The first-order valence-corrected chi connectivity index (χ1v) is 2.24. The number of carbonyl (C=O) groups excluding carboxylic acids is 1. The third-order valence-electron chi connectivity index (χ3n) is 0.778. The van der Waals surface area contributed by atoms with Crippen molar-refractivity contribution in [3.63, 3.8) is 0 Å². The van der Waals surface area contributed by atoms with Gasteiger partial charge in [-0.2, -0.15) is 0 Å². The topological polar surface area (TPSA) is 69.6 Å². The summed E-state index contributed by atoms with van der Waals surface area (Å²) in [4.78, 5) is 9.59. The van der Waals surface area contributed by atoms with Crippen molar-refractivity contribution in [2.75, 3.05) is 0 Å². The van der Waals surface area contributed by atoms with Crippen molar-refractivity contribution in [1.29, 1.82) is 0 Å². The lowest BCUT2D eigenvalue weighted by molar-refractivity contribution is -0.114. The maximum absolute atomic E-state index is 9.59. The standard InChI is InChI=1S/C4H9NO3/c1-3(4(7)8)5-2-6/h2-4,7-8H,1H3,(H,5,6). The third kappa shape index (κ3) is 2.54. The zero-order chi connectivity index (χ0) is 6.57. The molecule has 1 amide bonds. The van der Waals surface area contributed by atoms with Gasteiger partial charge in [-0.15, -0.1) is 0 Å². The smallest absolute Gasteiger partial charge is 0.207 e. The van der Waals surface area contributed by atoms with E-state index in [0.29, 0.717) is 6.41 Å². The number of carbonyl (C=O) groups is 1. The van der Waals surface area contributed by atoms with Crippen molar-refractivity contribution < 1.29 is 15.0 Å². The van der Waals surface area contributed by atoms with Crippen LogP contribution in [0, 0.1) is 0 Å². The number of hydrogen-bond acceptors (Lipinski definition) is 3. The Bertz CT molecular complexity index is 73.7. The fraction of sp³-hybridized carbons (Fsp3) is 0.750. The van der Waals surface area contributed by atoms with Gasteiger partial charge in [-0.25, -0.2) is 0 Å². The second-order valence-corrected chi connectivity index (χ2v) is 1.49. The van der Waals surface area contributed by atoms with Crippen LogP contribution in [0.15, 0.2) is 0 Å². The molecule has 1 atom stereocenters. The minimum atomic E-state index is -1.47. The zero-order valence-electron chi connectivity index (χ0n) is 4.53. The van der Waals surface area contributed by atoms with Gasteiger partial charge in [0, 0.05) is 0 Å². The highest BCUT2D eigenvalue weighted by molar-refractivity contribution is 5.46. The number of aliphatic hydroxyl groups is 2. The largest absolute Gasteiger partial charge is 0.366 e. The Balaban J connectivity index is 3.30. The van der Waals surface area contributed by atoms with Gasteiger partial charge in [0.05, 0.1) is 6.04 Å².